The van der Waals surface area contributed by atoms with E-state index < -0.39 is 0 Å². The number of rotatable bonds is 2. The van der Waals surface area contributed by atoms with Crippen LogP contribution in [0.5, 0.6) is 0 Å². The van der Waals surface area contributed by atoms with Crippen molar-refractivity contribution in [3.8, 4) is 0 Å². The van der Waals surface area contributed by atoms with Gasteiger partial charge in [0.15, 0.2) is 5.82 Å². The minimum absolute atomic E-state index is 0.0474. The molecule has 2 aromatic rings. The predicted molar refractivity (Wildman–Crippen MR) is 76.8 cm³/mol. The van der Waals surface area contributed by atoms with Crippen LogP contribution in [-0.2, 0) is 4.74 Å². The lowest BCUT2D eigenvalue weighted by Gasteiger charge is -2.36. The normalized spacial score (nSPS) is 23.8. The van der Waals surface area contributed by atoms with Crippen LogP contribution < -0.4 is 4.90 Å². The molecule has 3 rings (SSSR count). The van der Waals surface area contributed by atoms with Gasteiger partial charge in [0.2, 0.25) is 0 Å². The Kier molecular flexibility index (Phi) is 3.53. The Balaban J connectivity index is 1.99. The summed E-state index contributed by atoms with van der Waals surface area (Å²) in [6, 6.07) is 8.17. The van der Waals surface area contributed by atoms with E-state index in [1.165, 1.54) is 0 Å². The molecule has 19 heavy (non-hydrogen) atoms. The summed E-state index contributed by atoms with van der Waals surface area (Å²) >= 11 is 5.93. The molecule has 1 fully saturated rings. The van der Waals surface area contributed by atoms with E-state index in [4.69, 9.17) is 16.3 Å². The first-order valence-corrected chi connectivity index (χ1v) is 6.98. The largest absolute Gasteiger partial charge is 0.370 e. The molecule has 2 unspecified atom stereocenters. The lowest BCUT2D eigenvalue weighted by atomic mass is 10.1. The van der Waals surface area contributed by atoms with Crippen LogP contribution in [0.25, 0.3) is 10.8 Å². The van der Waals surface area contributed by atoms with Crippen molar-refractivity contribution in [2.75, 3.05) is 23.9 Å². The molecule has 1 saturated heterocycles. The molecule has 0 radical (unpaired) electrons. The van der Waals surface area contributed by atoms with Gasteiger partial charge < -0.3 is 9.64 Å². The van der Waals surface area contributed by atoms with Crippen LogP contribution in [-0.4, -0.2) is 41.4 Å². The highest BCUT2D eigenvalue weighted by atomic mass is 35.5. The summed E-state index contributed by atoms with van der Waals surface area (Å²) in [4.78, 5) is 2.22. The second kappa shape index (κ2) is 5.31. The van der Waals surface area contributed by atoms with E-state index in [2.05, 4.69) is 34.2 Å². The molecule has 0 bridgehead atoms. The Labute approximate surface area is 117 Å². The van der Waals surface area contributed by atoms with Crippen molar-refractivity contribution in [1.29, 1.82) is 0 Å². The summed E-state index contributed by atoms with van der Waals surface area (Å²) in [5.41, 5.74) is 0. The number of halogens is 1. The van der Waals surface area contributed by atoms with Crippen LogP contribution >= 0.6 is 11.6 Å². The summed E-state index contributed by atoms with van der Waals surface area (Å²) < 4.78 is 5.78. The molecule has 0 N–H and O–H groups in total. The molecule has 1 aliphatic rings. The van der Waals surface area contributed by atoms with Crippen LogP contribution in [0.3, 0.4) is 0 Å². The Morgan fingerprint density at radius 2 is 2.21 bits per heavy atom. The number of fused-ring (bicyclic) bond motifs is 1. The number of hydrogen-bond acceptors (Lipinski definition) is 4. The van der Waals surface area contributed by atoms with Crippen molar-refractivity contribution in [2.45, 2.75) is 19.1 Å². The van der Waals surface area contributed by atoms with E-state index in [9.17, 15) is 0 Å². The second-order valence-electron chi connectivity index (χ2n) is 4.88. The first-order valence-electron chi connectivity index (χ1n) is 6.44. The molecule has 0 saturated carbocycles. The lowest BCUT2D eigenvalue weighted by molar-refractivity contribution is -0.00352. The number of ether oxygens (including phenoxy) is 1. The van der Waals surface area contributed by atoms with Crippen molar-refractivity contribution in [3.63, 3.8) is 0 Å². The van der Waals surface area contributed by atoms with Gasteiger partial charge in [0, 0.05) is 23.9 Å². The smallest absolute Gasteiger partial charge is 0.159 e. The Morgan fingerprint density at radius 1 is 1.37 bits per heavy atom. The molecule has 1 aliphatic heterocycles. The van der Waals surface area contributed by atoms with Crippen LogP contribution in [0.4, 0.5) is 5.82 Å². The van der Waals surface area contributed by atoms with Gasteiger partial charge >= 0.3 is 0 Å². The number of anilines is 1. The van der Waals surface area contributed by atoms with E-state index in [1.54, 1.807) is 6.20 Å². The number of benzene rings is 1. The molecule has 0 spiro atoms. The van der Waals surface area contributed by atoms with E-state index in [-0.39, 0.29) is 12.2 Å². The lowest BCUT2D eigenvalue weighted by Crippen LogP contribution is -2.47. The number of nitrogens with zero attached hydrogens (tertiary/aromatic N) is 3. The minimum atomic E-state index is 0.0474. The molecule has 5 heteroatoms. The summed E-state index contributed by atoms with van der Waals surface area (Å²) in [7, 11) is 0. The SMILES string of the molecule is CC1CN(c2nncc3ccccc23)CC(CCl)O1. The standard InChI is InChI=1S/C14H16ClN3O/c1-10-8-18(9-12(6-15)19-10)14-13-5-3-2-4-11(13)7-16-17-14/h2-5,7,10,12H,6,8-9H2,1H3. The number of hydrogen-bond donors (Lipinski definition) is 0. The topological polar surface area (TPSA) is 38.2 Å². The Hall–Kier alpha value is -1.39. The van der Waals surface area contributed by atoms with Gasteiger partial charge in [-0.2, -0.15) is 5.10 Å². The molecule has 1 aromatic carbocycles. The number of aromatic nitrogens is 2. The first kappa shape index (κ1) is 12.6. The predicted octanol–water partition coefficient (Wildman–Crippen LogP) is 2.46. The summed E-state index contributed by atoms with van der Waals surface area (Å²) in [6.07, 6.45) is 1.99. The van der Waals surface area contributed by atoms with Gasteiger partial charge in [-0.15, -0.1) is 16.7 Å². The Bertz CT molecular complexity index is 572. The third-order valence-corrected chi connectivity index (χ3v) is 3.69. The zero-order valence-corrected chi connectivity index (χ0v) is 11.5. The fraction of sp³-hybridized carbons (Fsp3) is 0.429. The second-order valence-corrected chi connectivity index (χ2v) is 5.19. The highest BCUT2D eigenvalue weighted by Gasteiger charge is 2.26. The molecular formula is C14H16ClN3O. The average Bonchev–Trinajstić information content (AvgIpc) is 2.46. The molecular weight excluding hydrogens is 262 g/mol. The zero-order valence-electron chi connectivity index (χ0n) is 10.8. The fourth-order valence-corrected chi connectivity index (χ4v) is 2.72. The quantitative estimate of drug-likeness (QED) is 0.791. The highest BCUT2D eigenvalue weighted by molar-refractivity contribution is 6.18. The molecule has 4 nitrogen and oxygen atoms in total. The van der Waals surface area contributed by atoms with Crippen molar-refractivity contribution < 1.29 is 4.74 Å². The van der Waals surface area contributed by atoms with Gasteiger partial charge in [0.1, 0.15) is 0 Å². The number of alkyl halides is 1. The van der Waals surface area contributed by atoms with Gasteiger partial charge in [-0.3, -0.25) is 0 Å². The Morgan fingerprint density at radius 3 is 3.05 bits per heavy atom. The maximum atomic E-state index is 5.93. The molecule has 100 valence electrons. The summed E-state index contributed by atoms with van der Waals surface area (Å²) in [5, 5.41) is 10.6. The van der Waals surface area contributed by atoms with Crippen LogP contribution in [0.2, 0.25) is 0 Å². The summed E-state index contributed by atoms with van der Waals surface area (Å²) in [5.74, 6) is 1.42. The molecule has 0 amide bonds. The van der Waals surface area contributed by atoms with E-state index in [1.807, 2.05) is 12.1 Å². The van der Waals surface area contributed by atoms with E-state index >= 15 is 0 Å². The van der Waals surface area contributed by atoms with Gasteiger partial charge in [-0.25, -0.2) is 0 Å². The number of morpholine rings is 1. The maximum Gasteiger partial charge on any atom is 0.159 e. The van der Waals surface area contributed by atoms with Gasteiger partial charge in [-0.1, -0.05) is 24.3 Å². The highest BCUT2D eigenvalue weighted by Crippen LogP contribution is 2.26. The monoisotopic (exact) mass is 277 g/mol. The van der Waals surface area contributed by atoms with Crippen molar-refractivity contribution >= 4 is 28.2 Å². The van der Waals surface area contributed by atoms with Crippen molar-refractivity contribution in [2.24, 2.45) is 0 Å². The molecule has 2 atom stereocenters. The summed E-state index contributed by atoms with van der Waals surface area (Å²) in [6.45, 7) is 3.64. The third-order valence-electron chi connectivity index (χ3n) is 3.35. The first-order chi connectivity index (χ1) is 9.28. The van der Waals surface area contributed by atoms with Crippen LogP contribution in [0.1, 0.15) is 6.92 Å². The van der Waals surface area contributed by atoms with Gasteiger partial charge in [-0.05, 0) is 6.92 Å². The van der Waals surface area contributed by atoms with E-state index in [0.29, 0.717) is 5.88 Å². The maximum absolute atomic E-state index is 5.93. The van der Waals surface area contributed by atoms with Gasteiger partial charge in [0.05, 0.1) is 24.3 Å². The minimum Gasteiger partial charge on any atom is -0.370 e. The zero-order chi connectivity index (χ0) is 13.2. The average molecular weight is 278 g/mol. The van der Waals surface area contributed by atoms with Crippen molar-refractivity contribution in [3.05, 3.63) is 30.5 Å². The van der Waals surface area contributed by atoms with Crippen molar-refractivity contribution in [1.82, 2.24) is 10.2 Å². The molecule has 2 heterocycles. The molecule has 1 aromatic heterocycles. The fourth-order valence-electron chi connectivity index (χ4n) is 2.55. The van der Waals surface area contributed by atoms with Crippen LogP contribution in [0, 0.1) is 0 Å². The van der Waals surface area contributed by atoms with Crippen LogP contribution in [0.15, 0.2) is 30.5 Å². The van der Waals surface area contributed by atoms with Gasteiger partial charge in [0.25, 0.3) is 0 Å². The third kappa shape index (κ3) is 2.51. The molecule has 0 aliphatic carbocycles. The van der Waals surface area contributed by atoms with E-state index in [0.717, 1.165) is 29.7 Å².